The summed E-state index contributed by atoms with van der Waals surface area (Å²) in [6.07, 6.45) is 0. The minimum atomic E-state index is -5.55. The molecule has 0 aliphatic carbocycles. The third-order valence-corrected chi connectivity index (χ3v) is 21.0. The maximum Gasteiger partial charge on any atom is 0.397 e. The number of phenols is 2. The molecule has 0 spiro atoms. The number of azo groups is 4. The van der Waals surface area contributed by atoms with Crippen LogP contribution in [0.25, 0.3) is 21.5 Å². The molecule has 95 heavy (non-hydrogen) atoms. The zero-order chi connectivity index (χ0) is 70.3. The fourth-order valence-electron chi connectivity index (χ4n) is 8.45. The van der Waals surface area contributed by atoms with E-state index in [1.54, 1.807) is 0 Å². The number of nitrogens with one attached hydrogen (secondary N) is 1. The van der Waals surface area contributed by atoms with E-state index in [4.69, 9.17) is 21.1 Å². The summed E-state index contributed by atoms with van der Waals surface area (Å²) in [5, 5.41) is 61.9. The van der Waals surface area contributed by atoms with Crippen molar-refractivity contribution in [1.29, 1.82) is 0 Å². The van der Waals surface area contributed by atoms with Crippen LogP contribution in [0.4, 0.5) is 62.6 Å². The number of hydrogen-bond donors (Lipinski definition) is 12. The number of amides is 1. The molecule has 0 aliphatic rings. The number of rotatable bonds is 23. The lowest BCUT2D eigenvalue weighted by Crippen LogP contribution is -2.15. The topological polar surface area (TPSA) is 644 Å². The molecule has 14 N–H and O–H groups in total. The van der Waals surface area contributed by atoms with Crippen LogP contribution in [-0.2, 0) is 84.8 Å². The van der Waals surface area contributed by atoms with Gasteiger partial charge in [-0.15, -0.1) is 25.6 Å². The number of nitrogen functional groups attached to an aromatic ring is 2. The van der Waals surface area contributed by atoms with Crippen LogP contribution in [0.3, 0.4) is 0 Å². The highest BCUT2D eigenvalue weighted by molar-refractivity contribution is 7.92. The number of carbonyl (C=O) groups is 1. The molecule has 0 aliphatic heterocycles. The number of aromatic hydroxyl groups is 2. The highest BCUT2D eigenvalue weighted by atomic mass is 32.3. The van der Waals surface area contributed by atoms with Crippen molar-refractivity contribution in [2.75, 3.05) is 41.5 Å². The van der Waals surface area contributed by atoms with Crippen molar-refractivity contribution < 1.29 is 119 Å². The number of carbonyl (C=O) groups excluding carboxylic acids is 1. The van der Waals surface area contributed by atoms with E-state index in [-0.39, 0.29) is 33.2 Å². The Morgan fingerprint density at radius 2 is 0.768 bits per heavy atom. The summed E-state index contributed by atoms with van der Waals surface area (Å²) in [5.74, 6) is -5.06. The number of aliphatic hydroxyl groups is 1. The zero-order valence-corrected chi connectivity index (χ0v) is 53.2. The average Bonchev–Trinajstić information content (AvgIpc) is 0.746. The highest BCUT2D eigenvalue weighted by Crippen LogP contribution is 2.50. The summed E-state index contributed by atoms with van der Waals surface area (Å²) < 4.78 is 262. The molecule has 8 rings (SSSR count). The average molecular weight is 1470 g/mol. The van der Waals surface area contributed by atoms with Crippen molar-refractivity contribution in [2.45, 2.75) is 34.3 Å². The molecular weight excluding hydrogens is 1430 g/mol. The molecule has 0 atom stereocenters. The Balaban J connectivity index is 1.09. The van der Waals surface area contributed by atoms with Crippen LogP contribution in [0.15, 0.2) is 190 Å². The monoisotopic (exact) mass is 1470 g/mol. The second-order valence-electron chi connectivity index (χ2n) is 19.1. The van der Waals surface area contributed by atoms with Gasteiger partial charge in [-0.25, -0.2) is 21.0 Å². The van der Waals surface area contributed by atoms with Gasteiger partial charge in [0.25, 0.3) is 56.5 Å². The Labute approximate surface area is 535 Å². The van der Waals surface area contributed by atoms with Crippen molar-refractivity contribution in [3.8, 4) is 11.5 Å². The number of phenolic OH excluding ortho intramolecular Hbond substituents is 2. The molecule has 0 aromatic heterocycles. The summed E-state index contributed by atoms with van der Waals surface area (Å²) >= 11 is 0. The number of fused-ring (bicyclic) bond motifs is 2. The third kappa shape index (κ3) is 16.4. The van der Waals surface area contributed by atoms with Gasteiger partial charge in [0.05, 0.1) is 73.7 Å². The molecule has 502 valence electrons. The molecule has 0 saturated carbocycles. The lowest BCUT2D eigenvalue weighted by molar-refractivity contribution is 0.102. The molecule has 0 fully saturated rings. The van der Waals surface area contributed by atoms with Crippen LogP contribution in [-0.4, -0.2) is 141 Å². The van der Waals surface area contributed by atoms with Gasteiger partial charge in [0.15, 0.2) is 31.2 Å². The van der Waals surface area contributed by atoms with E-state index in [9.17, 15) is 105 Å². The van der Waals surface area contributed by atoms with Gasteiger partial charge in [-0.05, 0) is 126 Å². The van der Waals surface area contributed by atoms with E-state index in [2.05, 4.69) is 50.4 Å². The second-order valence-corrected chi connectivity index (χ2v) is 31.3. The van der Waals surface area contributed by atoms with Gasteiger partial charge < -0.3 is 32.1 Å². The number of benzene rings is 8. The predicted molar refractivity (Wildman–Crippen MR) is 328 cm³/mol. The highest BCUT2D eigenvalue weighted by Gasteiger charge is 2.31. The van der Waals surface area contributed by atoms with Crippen LogP contribution < -0.4 is 16.8 Å². The third-order valence-electron chi connectivity index (χ3n) is 12.8. The Hall–Kier alpha value is -9.37. The first-order valence-corrected chi connectivity index (χ1v) is 37.0. The van der Waals surface area contributed by atoms with Crippen LogP contribution in [0, 0.1) is 0 Å². The number of anilines is 3. The van der Waals surface area contributed by atoms with Gasteiger partial charge in [-0.2, -0.15) is 65.8 Å². The van der Waals surface area contributed by atoms with E-state index in [1.165, 1.54) is 0 Å². The lowest BCUT2D eigenvalue weighted by Gasteiger charge is -2.14. The molecule has 38 nitrogen and oxygen atoms in total. The predicted octanol–water partition coefficient (Wildman–Crippen LogP) is 7.08. The van der Waals surface area contributed by atoms with Gasteiger partial charge in [-0.1, -0.05) is 0 Å². The first kappa shape index (κ1) is 71.5. The van der Waals surface area contributed by atoms with E-state index in [0.29, 0.717) is 30.3 Å². The Morgan fingerprint density at radius 3 is 1.14 bits per heavy atom. The second kappa shape index (κ2) is 26.4. The van der Waals surface area contributed by atoms with Crippen molar-refractivity contribution in [2.24, 2.45) is 40.9 Å². The fraction of sp³-hybridized carbons (Fsp3) is 0.0816. The van der Waals surface area contributed by atoms with Crippen molar-refractivity contribution in [3.63, 3.8) is 0 Å². The SMILES string of the molecule is Nc1c(N=Nc2ccc(S(=O)(=O)CCOS(=O)(=O)O)cc2)c(S(=O)(=O)O)cc2cc(S(=O)(=O)O)c(N=Nc3ccc(C(=O)Nc4ccc(S(=O)(=O)O)c(N=Nc5c(S(=O)(=O)O)cc6cc(S(=O)(=O)O)c(N=Nc7ccc(S(=O)(=O)CCO)cc7)c(N)c6c5O)c4)cc3)c(O)c12. The van der Waals surface area contributed by atoms with Crippen LogP contribution in [0.1, 0.15) is 10.4 Å². The van der Waals surface area contributed by atoms with Gasteiger partial charge in [0.1, 0.15) is 52.9 Å². The standard InChI is InChI=1S/C49H41N11O27S8/c50-41-39-25(19-35(91(72,73)74)43(41)57-54-29-7-12-32(13-8-29)89(67,68)18-16-87-95(84,85)86)21-37(93(78,79)80)45(47(39)62)59-55-27-3-1-24(2-4-27)49(64)52-30-9-14-34(90(69,70)71)33(23-30)56-60-46-38(94(81,82)83)22-26-20-36(92(75,76)77)44(42(51)40(26)48(46)63)58-53-28-5-10-31(11-6-28)88(65,66)17-15-61/h1-14,19-23,61-63H,15-18,50-51H2,(H,52,64)(H,69,70,71)(H,72,73,74)(H,75,76,77)(H,78,79,80)(H,81,82,83)(H,84,85,86). The molecule has 1 amide bonds. The summed E-state index contributed by atoms with van der Waals surface area (Å²) in [7, 11) is -40.1. The number of nitrogens with two attached hydrogens (primary N) is 2. The number of hydrogen-bond acceptors (Lipinski definition) is 31. The molecular formula is C49H41N11O27S8. The Bertz CT molecular complexity index is 5630. The van der Waals surface area contributed by atoms with Gasteiger partial charge in [0.2, 0.25) is 0 Å². The summed E-state index contributed by atoms with van der Waals surface area (Å²) in [5.41, 5.74) is 4.71. The van der Waals surface area contributed by atoms with Gasteiger partial charge >= 0.3 is 10.4 Å². The minimum absolute atomic E-state index is 0.150. The van der Waals surface area contributed by atoms with E-state index < -0.39 is 214 Å². The van der Waals surface area contributed by atoms with Crippen LogP contribution in [0.5, 0.6) is 11.5 Å². The fourth-order valence-corrected chi connectivity index (χ4v) is 14.2. The minimum Gasteiger partial charge on any atom is -0.505 e. The molecule has 0 bridgehead atoms. The Kier molecular flexibility index (Phi) is 19.9. The molecule has 46 heteroatoms. The molecule has 0 saturated heterocycles. The maximum atomic E-state index is 13.6. The summed E-state index contributed by atoms with van der Waals surface area (Å²) in [6, 6.07) is 17.2. The first-order valence-electron chi connectivity index (χ1n) is 25.1. The smallest absolute Gasteiger partial charge is 0.397 e. The number of aliphatic hydroxyl groups excluding tert-OH is 1. The largest absolute Gasteiger partial charge is 0.505 e. The molecule has 8 aromatic carbocycles. The van der Waals surface area contributed by atoms with Gasteiger partial charge in [-0.3, -0.25) is 32.1 Å². The maximum absolute atomic E-state index is 13.6. The van der Waals surface area contributed by atoms with Crippen molar-refractivity contribution in [1.82, 2.24) is 0 Å². The molecule has 0 heterocycles. The van der Waals surface area contributed by atoms with Crippen LogP contribution >= 0.6 is 0 Å². The lowest BCUT2D eigenvalue weighted by atomic mass is 10.1. The quantitative estimate of drug-likeness (QED) is 0.0173. The molecule has 0 radical (unpaired) electrons. The van der Waals surface area contributed by atoms with E-state index >= 15 is 0 Å². The van der Waals surface area contributed by atoms with E-state index in [0.717, 1.165) is 84.9 Å². The summed E-state index contributed by atoms with van der Waals surface area (Å²) in [4.78, 5) is 7.02. The van der Waals surface area contributed by atoms with Gasteiger partial charge in [0, 0.05) is 11.3 Å². The molecule has 0 unspecified atom stereocenters. The van der Waals surface area contributed by atoms with Crippen molar-refractivity contribution >= 4 is 171 Å². The first-order chi connectivity index (χ1) is 43.9. The summed E-state index contributed by atoms with van der Waals surface area (Å²) in [6.45, 7) is -1.66. The zero-order valence-electron chi connectivity index (χ0n) is 46.7. The van der Waals surface area contributed by atoms with Crippen molar-refractivity contribution in [3.05, 3.63) is 121 Å². The normalized spacial score (nSPS) is 13.3. The number of nitrogens with zero attached hydrogens (tertiary/aromatic N) is 8. The number of sulfone groups is 2. The Morgan fingerprint density at radius 1 is 0.421 bits per heavy atom. The molecule has 8 aromatic rings. The van der Waals surface area contributed by atoms with E-state index in [1.807, 2.05) is 0 Å². The van der Waals surface area contributed by atoms with Crippen LogP contribution in [0.2, 0.25) is 0 Å².